The average molecular weight is 350 g/mol. The normalized spacial score (nSPS) is 27.0. The molecular weight excluding hydrogens is 324 g/mol. The van der Waals surface area contributed by atoms with E-state index in [4.69, 9.17) is 0 Å². The Bertz CT molecular complexity index is 732. The minimum Gasteiger partial charge on any atom is -0.349 e. The van der Waals surface area contributed by atoms with Crippen LogP contribution in [0.1, 0.15) is 43.0 Å². The van der Waals surface area contributed by atoms with Crippen LogP contribution in [0.3, 0.4) is 0 Å². The predicted molar refractivity (Wildman–Crippen MR) is 95.6 cm³/mol. The van der Waals surface area contributed by atoms with Crippen LogP contribution < -0.4 is 9.62 Å². The molecule has 5 nitrogen and oxygen atoms in total. The van der Waals surface area contributed by atoms with Crippen molar-refractivity contribution >= 4 is 21.6 Å². The summed E-state index contributed by atoms with van der Waals surface area (Å²) in [5.41, 5.74) is 0.818. The number of nitrogens with one attached hydrogen (secondary N) is 1. The van der Waals surface area contributed by atoms with Crippen molar-refractivity contribution in [1.29, 1.82) is 0 Å². The fourth-order valence-electron chi connectivity index (χ4n) is 4.42. The molecule has 1 aromatic carbocycles. The van der Waals surface area contributed by atoms with Crippen LogP contribution >= 0.6 is 0 Å². The van der Waals surface area contributed by atoms with E-state index in [-0.39, 0.29) is 11.9 Å². The molecule has 0 spiro atoms. The SMILES string of the molecule is C[C@@H](NC(=O)c1ccccc1N(C)S(C)(=O)=O)[C@@H]1C[C@H]2CC[C@H]1C2. The number of hydrogen-bond donors (Lipinski definition) is 1. The first-order valence-corrected chi connectivity index (χ1v) is 10.5. The number of para-hydroxylation sites is 1. The predicted octanol–water partition coefficient (Wildman–Crippen LogP) is 2.64. The van der Waals surface area contributed by atoms with Gasteiger partial charge < -0.3 is 5.32 Å². The molecule has 1 aromatic rings. The van der Waals surface area contributed by atoms with Crippen molar-refractivity contribution in [3.63, 3.8) is 0 Å². The second-order valence-corrected chi connectivity index (χ2v) is 9.36. The second-order valence-electron chi connectivity index (χ2n) is 7.35. The molecule has 1 amide bonds. The van der Waals surface area contributed by atoms with Crippen molar-refractivity contribution in [2.45, 2.75) is 38.6 Å². The largest absolute Gasteiger partial charge is 0.349 e. The number of anilines is 1. The van der Waals surface area contributed by atoms with Gasteiger partial charge in [-0.3, -0.25) is 9.10 Å². The second kappa shape index (κ2) is 6.39. The van der Waals surface area contributed by atoms with E-state index >= 15 is 0 Å². The lowest BCUT2D eigenvalue weighted by molar-refractivity contribution is 0.0916. The van der Waals surface area contributed by atoms with Gasteiger partial charge in [-0.05, 0) is 56.1 Å². The maximum absolute atomic E-state index is 12.7. The Morgan fingerprint density at radius 1 is 1.25 bits per heavy atom. The minimum absolute atomic E-state index is 0.115. The van der Waals surface area contributed by atoms with Gasteiger partial charge in [-0.25, -0.2) is 8.42 Å². The Balaban J connectivity index is 1.76. The van der Waals surface area contributed by atoms with Gasteiger partial charge in [-0.15, -0.1) is 0 Å². The molecule has 0 saturated heterocycles. The zero-order chi connectivity index (χ0) is 17.5. The highest BCUT2D eigenvalue weighted by Gasteiger charge is 2.42. The first kappa shape index (κ1) is 17.3. The van der Waals surface area contributed by atoms with Crippen molar-refractivity contribution in [3.8, 4) is 0 Å². The molecule has 0 heterocycles. The number of fused-ring (bicyclic) bond motifs is 2. The summed E-state index contributed by atoms with van der Waals surface area (Å²) in [5.74, 6) is 1.92. The van der Waals surface area contributed by atoms with E-state index in [2.05, 4.69) is 12.2 Å². The third-order valence-corrected chi connectivity index (χ3v) is 6.97. The van der Waals surface area contributed by atoms with E-state index < -0.39 is 10.0 Å². The maximum Gasteiger partial charge on any atom is 0.253 e. The standard InChI is InChI=1S/C18H26N2O3S/c1-12(16-11-13-8-9-14(16)10-13)19-18(21)15-6-4-5-7-17(15)20(2)24(3,22)23/h4-7,12-14,16H,8-11H2,1-3H3,(H,19,21)/t12-,13+,14+,16+/m1/s1. The fourth-order valence-corrected chi connectivity index (χ4v) is 4.93. The summed E-state index contributed by atoms with van der Waals surface area (Å²) in [5, 5.41) is 3.11. The van der Waals surface area contributed by atoms with Crippen LogP contribution in [-0.2, 0) is 10.0 Å². The van der Waals surface area contributed by atoms with Crippen LogP contribution in [-0.4, -0.2) is 33.7 Å². The molecule has 0 aliphatic heterocycles. The Kier molecular flexibility index (Phi) is 4.60. The Hall–Kier alpha value is -1.56. The fraction of sp³-hybridized carbons (Fsp3) is 0.611. The number of amides is 1. The summed E-state index contributed by atoms with van der Waals surface area (Å²) >= 11 is 0. The number of nitrogens with zero attached hydrogens (tertiary/aromatic N) is 1. The Morgan fingerprint density at radius 2 is 1.96 bits per heavy atom. The van der Waals surface area contributed by atoms with Crippen molar-refractivity contribution in [2.75, 3.05) is 17.6 Å². The summed E-state index contributed by atoms with van der Waals surface area (Å²) in [7, 11) is -1.94. The summed E-state index contributed by atoms with van der Waals surface area (Å²) in [6.45, 7) is 2.08. The molecular formula is C18H26N2O3S. The van der Waals surface area contributed by atoms with Crippen LogP contribution in [0.5, 0.6) is 0 Å². The first-order chi connectivity index (χ1) is 11.3. The molecule has 2 aliphatic carbocycles. The number of carbonyl (C=O) groups is 1. The monoisotopic (exact) mass is 350 g/mol. The highest BCUT2D eigenvalue weighted by molar-refractivity contribution is 7.92. The van der Waals surface area contributed by atoms with Crippen LogP contribution in [0.15, 0.2) is 24.3 Å². The average Bonchev–Trinajstić information content (AvgIpc) is 3.16. The van der Waals surface area contributed by atoms with Crippen LogP contribution in [0.2, 0.25) is 0 Å². The molecule has 2 saturated carbocycles. The van der Waals surface area contributed by atoms with Crippen LogP contribution in [0.4, 0.5) is 5.69 Å². The lowest BCUT2D eigenvalue weighted by Crippen LogP contribution is -2.40. The molecule has 0 radical (unpaired) electrons. The van der Waals surface area contributed by atoms with E-state index in [0.29, 0.717) is 17.2 Å². The molecule has 4 atom stereocenters. The van der Waals surface area contributed by atoms with Gasteiger partial charge in [0.25, 0.3) is 5.91 Å². The van der Waals surface area contributed by atoms with Crippen molar-refractivity contribution in [3.05, 3.63) is 29.8 Å². The Morgan fingerprint density at radius 3 is 2.54 bits per heavy atom. The van der Waals surface area contributed by atoms with Gasteiger partial charge in [0.05, 0.1) is 17.5 Å². The third kappa shape index (κ3) is 3.29. The van der Waals surface area contributed by atoms with Crippen molar-refractivity contribution in [1.82, 2.24) is 5.32 Å². The summed E-state index contributed by atoms with van der Waals surface area (Å²) < 4.78 is 24.8. The van der Waals surface area contributed by atoms with Crippen molar-refractivity contribution in [2.24, 2.45) is 17.8 Å². The molecule has 2 bridgehead atoms. The van der Waals surface area contributed by atoms with E-state index in [1.165, 1.54) is 32.7 Å². The van der Waals surface area contributed by atoms with E-state index in [1.54, 1.807) is 24.3 Å². The summed E-state index contributed by atoms with van der Waals surface area (Å²) in [6, 6.07) is 6.96. The van der Waals surface area contributed by atoms with E-state index in [0.717, 1.165) is 22.4 Å². The molecule has 0 aromatic heterocycles. The highest BCUT2D eigenvalue weighted by atomic mass is 32.2. The van der Waals surface area contributed by atoms with Gasteiger partial charge in [0.15, 0.2) is 0 Å². The molecule has 1 N–H and O–H groups in total. The van der Waals surface area contributed by atoms with Crippen molar-refractivity contribution < 1.29 is 13.2 Å². The lowest BCUT2D eigenvalue weighted by atomic mass is 9.84. The number of benzene rings is 1. The highest BCUT2D eigenvalue weighted by Crippen LogP contribution is 2.49. The van der Waals surface area contributed by atoms with Gasteiger partial charge in [0, 0.05) is 13.1 Å². The maximum atomic E-state index is 12.7. The molecule has 2 aliphatic rings. The number of rotatable bonds is 5. The number of carbonyl (C=O) groups excluding carboxylic acids is 1. The topological polar surface area (TPSA) is 66.5 Å². The van der Waals surface area contributed by atoms with Gasteiger partial charge in [0.2, 0.25) is 10.0 Å². The molecule has 0 unspecified atom stereocenters. The van der Waals surface area contributed by atoms with E-state index in [9.17, 15) is 13.2 Å². The first-order valence-electron chi connectivity index (χ1n) is 8.61. The van der Waals surface area contributed by atoms with Gasteiger partial charge in [-0.2, -0.15) is 0 Å². The lowest BCUT2D eigenvalue weighted by Gasteiger charge is -2.29. The molecule has 6 heteroatoms. The molecule has 132 valence electrons. The zero-order valence-electron chi connectivity index (χ0n) is 14.5. The number of hydrogen-bond acceptors (Lipinski definition) is 3. The Labute approximate surface area is 144 Å². The quantitative estimate of drug-likeness (QED) is 0.888. The summed E-state index contributed by atoms with van der Waals surface area (Å²) in [4.78, 5) is 12.7. The number of sulfonamides is 1. The van der Waals surface area contributed by atoms with Gasteiger partial charge >= 0.3 is 0 Å². The minimum atomic E-state index is -3.41. The smallest absolute Gasteiger partial charge is 0.253 e. The zero-order valence-corrected chi connectivity index (χ0v) is 15.3. The van der Waals surface area contributed by atoms with E-state index in [1.807, 2.05) is 0 Å². The van der Waals surface area contributed by atoms with Crippen LogP contribution in [0.25, 0.3) is 0 Å². The molecule has 24 heavy (non-hydrogen) atoms. The summed E-state index contributed by atoms with van der Waals surface area (Å²) in [6.07, 6.45) is 6.27. The molecule has 2 fully saturated rings. The molecule has 3 rings (SSSR count). The van der Waals surface area contributed by atoms with Gasteiger partial charge in [-0.1, -0.05) is 18.6 Å². The third-order valence-electron chi connectivity index (χ3n) is 5.78. The van der Waals surface area contributed by atoms with Crippen LogP contribution in [0, 0.1) is 17.8 Å². The van der Waals surface area contributed by atoms with Gasteiger partial charge in [0.1, 0.15) is 0 Å².